The van der Waals surface area contributed by atoms with E-state index >= 15 is 0 Å². The number of carbonyl (C=O) groups is 1. The van der Waals surface area contributed by atoms with E-state index in [2.05, 4.69) is 15.5 Å². The number of piperidine rings is 1. The molecule has 4 rings (SSSR count). The van der Waals surface area contributed by atoms with Crippen molar-refractivity contribution in [2.75, 3.05) is 18.4 Å². The first-order valence-electron chi connectivity index (χ1n) is 10.1. The maximum Gasteiger partial charge on any atom is 0.418 e. The predicted octanol–water partition coefficient (Wildman–Crippen LogP) is 4.75. The Kier molecular flexibility index (Phi) is 6.22. The van der Waals surface area contributed by atoms with Crippen molar-refractivity contribution >= 4 is 11.6 Å². The van der Waals surface area contributed by atoms with Crippen molar-refractivity contribution in [2.24, 2.45) is 5.92 Å². The Bertz CT molecular complexity index is 1080. The van der Waals surface area contributed by atoms with E-state index in [0.29, 0.717) is 49.8 Å². The summed E-state index contributed by atoms with van der Waals surface area (Å²) >= 11 is 0. The van der Waals surface area contributed by atoms with Crippen LogP contribution in [-0.4, -0.2) is 34.0 Å². The molecule has 1 fully saturated rings. The zero-order chi connectivity index (χ0) is 22.7. The lowest BCUT2D eigenvalue weighted by Crippen LogP contribution is -2.40. The average molecular weight is 448 g/mol. The third-order valence-corrected chi connectivity index (χ3v) is 5.30. The molecule has 3 aromatic rings. The van der Waals surface area contributed by atoms with Gasteiger partial charge in [0.15, 0.2) is 0 Å². The minimum Gasteiger partial charge on any atom is -0.338 e. The standard InChI is InChI=1S/C22H20F4N4O2/c23-16-9-7-14(8-10-16)20-28-19(32-29-20)13-30-11-3-4-15(12-30)21(31)27-18-6-2-1-5-17(18)22(24,25)26/h1-2,5-10,15H,3-4,11-13H2,(H,27,31). The number of nitrogens with one attached hydrogen (secondary N) is 1. The fourth-order valence-electron chi connectivity index (χ4n) is 3.71. The van der Waals surface area contributed by atoms with Gasteiger partial charge >= 0.3 is 6.18 Å². The molecule has 1 unspecified atom stereocenters. The SMILES string of the molecule is O=C(Nc1ccccc1C(F)(F)F)C1CCCN(Cc2nc(-c3ccc(F)cc3)no2)C1. The van der Waals surface area contributed by atoms with Gasteiger partial charge in [-0.2, -0.15) is 18.2 Å². The molecule has 1 N–H and O–H groups in total. The second-order valence-electron chi connectivity index (χ2n) is 7.63. The van der Waals surface area contributed by atoms with E-state index in [1.807, 2.05) is 4.90 Å². The highest BCUT2D eigenvalue weighted by atomic mass is 19.4. The highest BCUT2D eigenvalue weighted by molar-refractivity contribution is 5.93. The zero-order valence-corrected chi connectivity index (χ0v) is 16.9. The summed E-state index contributed by atoms with van der Waals surface area (Å²) in [4.78, 5) is 18.9. The average Bonchev–Trinajstić information content (AvgIpc) is 3.22. The van der Waals surface area contributed by atoms with E-state index < -0.39 is 23.6 Å². The van der Waals surface area contributed by atoms with E-state index in [4.69, 9.17) is 4.52 Å². The number of benzene rings is 2. The molecule has 0 saturated carbocycles. The van der Waals surface area contributed by atoms with Gasteiger partial charge in [-0.05, 0) is 55.8 Å². The fourth-order valence-corrected chi connectivity index (χ4v) is 3.71. The number of halogens is 4. The number of aromatic nitrogens is 2. The van der Waals surface area contributed by atoms with E-state index in [9.17, 15) is 22.4 Å². The van der Waals surface area contributed by atoms with Crippen LogP contribution in [-0.2, 0) is 17.5 Å². The number of para-hydroxylation sites is 1. The van der Waals surface area contributed by atoms with Crippen LogP contribution in [0.3, 0.4) is 0 Å². The van der Waals surface area contributed by atoms with Gasteiger partial charge in [-0.25, -0.2) is 4.39 Å². The first kappa shape index (κ1) is 21.9. The molecule has 0 aliphatic carbocycles. The lowest BCUT2D eigenvalue weighted by molar-refractivity contribution is -0.137. The number of hydrogen-bond donors (Lipinski definition) is 1. The quantitative estimate of drug-likeness (QED) is 0.571. The molecule has 1 aliphatic rings. The second-order valence-corrected chi connectivity index (χ2v) is 7.63. The van der Waals surface area contributed by atoms with Crippen LogP contribution in [0.5, 0.6) is 0 Å². The molecule has 6 nitrogen and oxygen atoms in total. The number of nitrogens with zero attached hydrogens (tertiary/aromatic N) is 3. The van der Waals surface area contributed by atoms with Gasteiger partial charge in [0.25, 0.3) is 0 Å². The van der Waals surface area contributed by atoms with Gasteiger partial charge in [0.05, 0.1) is 23.7 Å². The number of alkyl halides is 3. The molecule has 2 aromatic carbocycles. The number of amides is 1. The van der Waals surface area contributed by atoms with E-state index in [-0.39, 0.29) is 11.5 Å². The lowest BCUT2D eigenvalue weighted by Gasteiger charge is -2.31. The van der Waals surface area contributed by atoms with Crippen LogP contribution in [0.15, 0.2) is 53.1 Å². The Balaban J connectivity index is 1.39. The molecule has 1 saturated heterocycles. The van der Waals surface area contributed by atoms with Gasteiger partial charge in [0, 0.05) is 12.1 Å². The van der Waals surface area contributed by atoms with E-state index in [1.54, 1.807) is 12.1 Å². The van der Waals surface area contributed by atoms with Gasteiger partial charge in [-0.1, -0.05) is 17.3 Å². The number of anilines is 1. The highest BCUT2D eigenvalue weighted by Gasteiger charge is 2.34. The van der Waals surface area contributed by atoms with Crippen molar-refractivity contribution in [1.29, 1.82) is 0 Å². The lowest BCUT2D eigenvalue weighted by atomic mass is 9.97. The smallest absolute Gasteiger partial charge is 0.338 e. The predicted molar refractivity (Wildman–Crippen MR) is 108 cm³/mol. The molecule has 2 heterocycles. The minimum atomic E-state index is -4.55. The Morgan fingerprint density at radius 1 is 1.16 bits per heavy atom. The third kappa shape index (κ3) is 5.13. The molecule has 0 spiro atoms. The van der Waals surface area contributed by atoms with Crippen LogP contribution in [0.25, 0.3) is 11.4 Å². The molecule has 0 radical (unpaired) electrons. The first-order chi connectivity index (χ1) is 15.3. The summed E-state index contributed by atoms with van der Waals surface area (Å²) in [6, 6.07) is 10.6. The van der Waals surface area contributed by atoms with Crippen LogP contribution < -0.4 is 5.32 Å². The molecule has 32 heavy (non-hydrogen) atoms. The summed E-state index contributed by atoms with van der Waals surface area (Å²) in [6.07, 6.45) is -3.28. The van der Waals surface area contributed by atoms with E-state index in [1.165, 1.54) is 30.3 Å². The maximum atomic E-state index is 13.2. The molecular formula is C22H20F4N4O2. The van der Waals surface area contributed by atoms with Crippen LogP contribution in [0.1, 0.15) is 24.3 Å². The van der Waals surface area contributed by atoms with Gasteiger partial charge < -0.3 is 9.84 Å². The molecule has 168 valence electrons. The van der Waals surface area contributed by atoms with Crippen LogP contribution in [0.2, 0.25) is 0 Å². The highest BCUT2D eigenvalue weighted by Crippen LogP contribution is 2.35. The van der Waals surface area contributed by atoms with Crippen molar-refractivity contribution in [2.45, 2.75) is 25.6 Å². The number of rotatable bonds is 5. The Labute approximate surface area is 181 Å². The largest absolute Gasteiger partial charge is 0.418 e. The molecule has 1 amide bonds. The van der Waals surface area contributed by atoms with Gasteiger partial charge in [-0.15, -0.1) is 0 Å². The van der Waals surface area contributed by atoms with Gasteiger partial charge in [-0.3, -0.25) is 9.69 Å². The summed E-state index contributed by atoms with van der Waals surface area (Å²) in [5.74, 6) is -0.621. The minimum absolute atomic E-state index is 0.247. The fraction of sp³-hybridized carbons (Fsp3) is 0.318. The molecular weight excluding hydrogens is 428 g/mol. The summed E-state index contributed by atoms with van der Waals surface area (Å²) < 4.78 is 57.9. The molecule has 10 heteroatoms. The zero-order valence-electron chi connectivity index (χ0n) is 16.9. The van der Waals surface area contributed by atoms with Crippen molar-refractivity contribution in [3.05, 3.63) is 65.8 Å². The first-order valence-corrected chi connectivity index (χ1v) is 10.1. The monoisotopic (exact) mass is 448 g/mol. The van der Waals surface area contributed by atoms with E-state index in [0.717, 1.165) is 6.07 Å². The topological polar surface area (TPSA) is 71.3 Å². The van der Waals surface area contributed by atoms with Crippen LogP contribution in [0, 0.1) is 11.7 Å². The summed E-state index contributed by atoms with van der Waals surface area (Å²) in [7, 11) is 0. The van der Waals surface area contributed by atoms with Gasteiger partial charge in [0.2, 0.25) is 17.6 Å². The normalized spacial score (nSPS) is 17.3. The van der Waals surface area contributed by atoms with Crippen molar-refractivity contribution in [3.63, 3.8) is 0 Å². The molecule has 0 bridgehead atoms. The van der Waals surface area contributed by atoms with Crippen LogP contribution >= 0.6 is 0 Å². The summed E-state index contributed by atoms with van der Waals surface area (Å²) in [6.45, 7) is 1.35. The molecule has 1 aliphatic heterocycles. The van der Waals surface area contributed by atoms with Gasteiger partial charge in [0.1, 0.15) is 5.82 Å². The summed E-state index contributed by atoms with van der Waals surface area (Å²) in [5.41, 5.74) is -0.510. The summed E-state index contributed by atoms with van der Waals surface area (Å²) in [5, 5.41) is 6.34. The number of likely N-dealkylation sites (tertiary alicyclic amines) is 1. The van der Waals surface area contributed by atoms with Crippen LogP contribution in [0.4, 0.5) is 23.2 Å². The Hall–Kier alpha value is -3.27. The third-order valence-electron chi connectivity index (χ3n) is 5.30. The van der Waals surface area contributed by atoms with Crippen molar-refractivity contribution < 1.29 is 26.9 Å². The van der Waals surface area contributed by atoms with Crippen molar-refractivity contribution in [3.8, 4) is 11.4 Å². The number of hydrogen-bond acceptors (Lipinski definition) is 5. The number of carbonyl (C=O) groups excluding carboxylic acids is 1. The maximum absolute atomic E-state index is 13.2. The second kappa shape index (κ2) is 9.07. The Morgan fingerprint density at radius 2 is 1.91 bits per heavy atom. The molecule has 1 atom stereocenters. The van der Waals surface area contributed by atoms with Crippen molar-refractivity contribution in [1.82, 2.24) is 15.0 Å². The molecule has 1 aromatic heterocycles. The Morgan fingerprint density at radius 3 is 2.66 bits per heavy atom.